The quantitative estimate of drug-likeness (QED) is 0.405. The lowest BCUT2D eigenvalue weighted by molar-refractivity contribution is 0.253. The van der Waals surface area contributed by atoms with Gasteiger partial charge in [0, 0.05) is 38.2 Å². The van der Waals surface area contributed by atoms with Gasteiger partial charge in [-0.05, 0) is 49.9 Å². The standard InChI is InChI=1S/C21H31FN4O2/c1-3-5-16(11-13-27)14-25-21(23-4-2)24-12-10-19-15-28-20(26-19)17-6-8-18(22)9-7-17/h6-9,15-16,27H,3-5,10-14H2,1-2H3,(H2,23,24,25). The maximum Gasteiger partial charge on any atom is 0.226 e. The molecule has 3 N–H and O–H groups in total. The summed E-state index contributed by atoms with van der Waals surface area (Å²) in [4.78, 5) is 9.11. The number of aliphatic hydroxyl groups is 1. The van der Waals surface area contributed by atoms with Crippen molar-refractivity contribution >= 4 is 5.96 Å². The van der Waals surface area contributed by atoms with Crippen LogP contribution in [0.5, 0.6) is 0 Å². The molecular formula is C21H31FN4O2. The van der Waals surface area contributed by atoms with Gasteiger partial charge in [-0.2, -0.15) is 0 Å². The second kappa shape index (κ2) is 12.1. The van der Waals surface area contributed by atoms with Crippen LogP contribution >= 0.6 is 0 Å². The predicted octanol–water partition coefficient (Wildman–Crippen LogP) is 3.38. The van der Waals surface area contributed by atoms with Crippen LogP contribution in [0.15, 0.2) is 39.9 Å². The Bertz CT molecular complexity index is 709. The van der Waals surface area contributed by atoms with Crippen LogP contribution in [0.4, 0.5) is 4.39 Å². The highest BCUT2D eigenvalue weighted by atomic mass is 19.1. The Hall–Kier alpha value is -2.41. The van der Waals surface area contributed by atoms with E-state index in [4.69, 9.17) is 4.42 Å². The Kier molecular flexibility index (Phi) is 9.48. The number of oxazole rings is 1. The van der Waals surface area contributed by atoms with Crippen LogP contribution in [0.3, 0.4) is 0 Å². The van der Waals surface area contributed by atoms with Gasteiger partial charge in [0.1, 0.15) is 12.1 Å². The van der Waals surface area contributed by atoms with Crippen molar-refractivity contribution in [3.63, 3.8) is 0 Å². The van der Waals surface area contributed by atoms with Gasteiger partial charge in [-0.25, -0.2) is 9.37 Å². The van der Waals surface area contributed by atoms with Crippen molar-refractivity contribution in [1.29, 1.82) is 0 Å². The second-order valence-electron chi connectivity index (χ2n) is 6.71. The van der Waals surface area contributed by atoms with Gasteiger partial charge in [-0.3, -0.25) is 4.99 Å². The first-order chi connectivity index (χ1) is 13.7. The largest absolute Gasteiger partial charge is 0.444 e. The average molecular weight is 391 g/mol. The molecule has 1 unspecified atom stereocenters. The molecule has 0 saturated carbocycles. The topological polar surface area (TPSA) is 82.7 Å². The molecule has 0 saturated heterocycles. The Balaban J connectivity index is 1.86. The second-order valence-corrected chi connectivity index (χ2v) is 6.71. The molecule has 0 aliphatic rings. The molecule has 154 valence electrons. The summed E-state index contributed by atoms with van der Waals surface area (Å²) in [6, 6.07) is 6.08. The Morgan fingerprint density at radius 2 is 2.00 bits per heavy atom. The van der Waals surface area contributed by atoms with E-state index in [1.54, 1.807) is 18.4 Å². The van der Waals surface area contributed by atoms with Crippen molar-refractivity contribution < 1.29 is 13.9 Å². The summed E-state index contributed by atoms with van der Waals surface area (Å²) in [5.74, 6) is 1.38. The molecule has 1 aromatic carbocycles. The third-order valence-corrected chi connectivity index (χ3v) is 4.40. The monoisotopic (exact) mass is 390 g/mol. The number of aliphatic hydroxyl groups excluding tert-OH is 1. The average Bonchev–Trinajstić information content (AvgIpc) is 3.15. The molecule has 0 bridgehead atoms. The minimum Gasteiger partial charge on any atom is -0.444 e. The molecule has 1 aromatic heterocycles. The number of aromatic nitrogens is 1. The molecule has 0 aliphatic heterocycles. The Labute approximate surface area is 166 Å². The van der Waals surface area contributed by atoms with Gasteiger partial charge < -0.3 is 20.2 Å². The summed E-state index contributed by atoms with van der Waals surface area (Å²) < 4.78 is 18.5. The maximum atomic E-state index is 13.0. The SMILES string of the molecule is CCCC(CCO)CN=C(NCC)NCCc1coc(-c2ccc(F)cc2)n1. The Morgan fingerprint density at radius 1 is 1.21 bits per heavy atom. The minimum absolute atomic E-state index is 0.201. The van der Waals surface area contributed by atoms with E-state index < -0.39 is 0 Å². The van der Waals surface area contributed by atoms with Gasteiger partial charge in [-0.15, -0.1) is 0 Å². The number of guanidine groups is 1. The van der Waals surface area contributed by atoms with Crippen LogP contribution < -0.4 is 10.6 Å². The van der Waals surface area contributed by atoms with Crippen LogP contribution in [0.1, 0.15) is 38.8 Å². The summed E-state index contributed by atoms with van der Waals surface area (Å²) in [7, 11) is 0. The van der Waals surface area contributed by atoms with Gasteiger partial charge in [0.25, 0.3) is 0 Å². The highest BCUT2D eigenvalue weighted by molar-refractivity contribution is 5.79. The fourth-order valence-electron chi connectivity index (χ4n) is 2.94. The van der Waals surface area contributed by atoms with E-state index in [0.717, 1.165) is 43.0 Å². The minimum atomic E-state index is -0.282. The predicted molar refractivity (Wildman–Crippen MR) is 110 cm³/mol. The zero-order valence-corrected chi connectivity index (χ0v) is 16.7. The number of benzene rings is 1. The van der Waals surface area contributed by atoms with Crippen molar-refractivity contribution in [2.75, 3.05) is 26.2 Å². The fourth-order valence-corrected chi connectivity index (χ4v) is 2.94. The van der Waals surface area contributed by atoms with E-state index in [1.807, 2.05) is 6.92 Å². The van der Waals surface area contributed by atoms with Crippen molar-refractivity contribution in [3.8, 4) is 11.5 Å². The molecule has 0 spiro atoms. The highest BCUT2D eigenvalue weighted by Crippen LogP contribution is 2.19. The number of aliphatic imine (C=N–C) groups is 1. The first-order valence-corrected chi connectivity index (χ1v) is 9.99. The molecule has 28 heavy (non-hydrogen) atoms. The van der Waals surface area contributed by atoms with Crippen molar-refractivity contribution in [3.05, 3.63) is 42.0 Å². The first kappa shape index (κ1) is 21.9. The lowest BCUT2D eigenvalue weighted by Gasteiger charge is -2.15. The van der Waals surface area contributed by atoms with Crippen LogP contribution in [-0.2, 0) is 6.42 Å². The van der Waals surface area contributed by atoms with Crippen LogP contribution in [0, 0.1) is 11.7 Å². The van der Waals surface area contributed by atoms with E-state index >= 15 is 0 Å². The number of rotatable bonds is 11. The van der Waals surface area contributed by atoms with Crippen LogP contribution in [-0.4, -0.2) is 42.3 Å². The van der Waals surface area contributed by atoms with E-state index in [1.165, 1.54) is 12.1 Å². The normalized spacial score (nSPS) is 12.8. The van der Waals surface area contributed by atoms with E-state index in [2.05, 4.69) is 27.5 Å². The smallest absolute Gasteiger partial charge is 0.226 e. The summed E-state index contributed by atoms with van der Waals surface area (Å²) in [6.07, 6.45) is 5.25. The number of nitrogens with one attached hydrogen (secondary N) is 2. The van der Waals surface area contributed by atoms with Crippen molar-refractivity contribution in [2.24, 2.45) is 10.9 Å². The van der Waals surface area contributed by atoms with Gasteiger partial charge in [0.15, 0.2) is 5.96 Å². The number of nitrogens with zero attached hydrogens (tertiary/aromatic N) is 2. The maximum absolute atomic E-state index is 13.0. The van der Waals surface area contributed by atoms with Gasteiger partial charge in [-0.1, -0.05) is 13.3 Å². The number of hydrogen-bond acceptors (Lipinski definition) is 4. The van der Waals surface area contributed by atoms with Gasteiger partial charge in [0.2, 0.25) is 5.89 Å². The van der Waals surface area contributed by atoms with E-state index in [-0.39, 0.29) is 12.4 Å². The van der Waals surface area contributed by atoms with Crippen molar-refractivity contribution in [1.82, 2.24) is 15.6 Å². The van der Waals surface area contributed by atoms with Gasteiger partial charge >= 0.3 is 0 Å². The molecular weight excluding hydrogens is 359 g/mol. The molecule has 0 aliphatic carbocycles. The zero-order valence-electron chi connectivity index (χ0n) is 16.7. The molecule has 1 heterocycles. The third kappa shape index (κ3) is 7.31. The fraction of sp³-hybridized carbons (Fsp3) is 0.524. The molecule has 7 heteroatoms. The van der Waals surface area contributed by atoms with E-state index in [9.17, 15) is 9.50 Å². The van der Waals surface area contributed by atoms with E-state index in [0.29, 0.717) is 31.3 Å². The number of hydrogen-bond donors (Lipinski definition) is 3. The molecule has 0 fully saturated rings. The number of halogens is 1. The highest BCUT2D eigenvalue weighted by Gasteiger charge is 2.09. The summed E-state index contributed by atoms with van der Waals surface area (Å²) in [5, 5.41) is 15.7. The summed E-state index contributed by atoms with van der Waals surface area (Å²) in [5.41, 5.74) is 1.58. The first-order valence-electron chi connectivity index (χ1n) is 9.99. The molecule has 1 atom stereocenters. The lowest BCUT2D eigenvalue weighted by Crippen LogP contribution is -2.38. The van der Waals surface area contributed by atoms with Crippen LogP contribution in [0.25, 0.3) is 11.5 Å². The van der Waals surface area contributed by atoms with Crippen molar-refractivity contribution in [2.45, 2.75) is 39.5 Å². The summed E-state index contributed by atoms with van der Waals surface area (Å²) in [6.45, 7) is 6.52. The summed E-state index contributed by atoms with van der Waals surface area (Å²) >= 11 is 0. The van der Waals surface area contributed by atoms with Crippen LogP contribution in [0.2, 0.25) is 0 Å². The lowest BCUT2D eigenvalue weighted by atomic mass is 10.0. The third-order valence-electron chi connectivity index (χ3n) is 4.40. The molecule has 2 rings (SSSR count). The molecule has 0 amide bonds. The Morgan fingerprint density at radius 3 is 2.68 bits per heavy atom. The molecule has 2 aromatic rings. The molecule has 6 nitrogen and oxygen atoms in total. The van der Waals surface area contributed by atoms with Gasteiger partial charge in [0.05, 0.1) is 5.69 Å². The zero-order chi connectivity index (χ0) is 20.2. The molecule has 0 radical (unpaired) electrons.